The lowest BCUT2D eigenvalue weighted by Gasteiger charge is -2.54. The highest BCUT2D eigenvalue weighted by molar-refractivity contribution is 7.22. The number of amides is 2. The number of alkyl halides is 1. The Bertz CT molecular complexity index is 2200. The highest BCUT2D eigenvalue weighted by atomic mass is 32.1. The molecule has 0 aliphatic carbocycles. The lowest BCUT2D eigenvalue weighted by Crippen LogP contribution is -2.68. The second kappa shape index (κ2) is 13.8. The number of rotatable bonds is 7. The van der Waals surface area contributed by atoms with Gasteiger partial charge in [0.1, 0.15) is 35.5 Å². The number of fused-ring (bicyclic) bond motifs is 4. The van der Waals surface area contributed by atoms with E-state index in [1.807, 2.05) is 37.6 Å². The summed E-state index contributed by atoms with van der Waals surface area (Å²) in [5, 5.41) is 13.3. The zero-order valence-electron chi connectivity index (χ0n) is 32.0. The number of hydrogen-bond acceptors (Lipinski definition) is 10. The number of anilines is 2. The second-order valence-corrected chi connectivity index (χ2v) is 17.7. The predicted octanol–water partition coefficient (Wildman–Crippen LogP) is 8.34. The Morgan fingerprint density at radius 2 is 1.87 bits per heavy atom. The van der Waals surface area contributed by atoms with Gasteiger partial charge in [-0.3, -0.25) is 15.1 Å². The minimum absolute atomic E-state index is 0.0509. The van der Waals surface area contributed by atoms with E-state index in [2.05, 4.69) is 21.9 Å². The molecule has 2 N–H and O–H groups in total. The number of thiazole rings is 1. The molecule has 0 saturated carbocycles. The summed E-state index contributed by atoms with van der Waals surface area (Å²) in [5.41, 5.74) is -1.34. The lowest BCUT2D eigenvalue weighted by molar-refractivity contribution is 0.00528. The molecule has 2 aromatic carbocycles. The third-order valence-electron chi connectivity index (χ3n) is 11.1. The van der Waals surface area contributed by atoms with Crippen LogP contribution in [0.25, 0.3) is 38.3 Å². The molecule has 4 atom stereocenters. The Labute approximate surface area is 321 Å². The molecule has 4 aromatic rings. The van der Waals surface area contributed by atoms with E-state index in [0.29, 0.717) is 36.2 Å². The van der Waals surface area contributed by atoms with Crippen molar-refractivity contribution in [2.24, 2.45) is 5.41 Å². The van der Waals surface area contributed by atoms with Crippen molar-refractivity contribution in [1.82, 2.24) is 24.8 Å². The van der Waals surface area contributed by atoms with Crippen LogP contribution >= 0.6 is 11.3 Å². The number of hydrogen-bond donors (Lipinski definition) is 2. The van der Waals surface area contributed by atoms with E-state index >= 15 is 8.78 Å². The van der Waals surface area contributed by atoms with Crippen LogP contribution in [0.1, 0.15) is 66.4 Å². The van der Waals surface area contributed by atoms with E-state index in [9.17, 15) is 19.1 Å². The van der Waals surface area contributed by atoms with Crippen LogP contribution in [0.3, 0.4) is 0 Å². The molecule has 2 aromatic heterocycles. The summed E-state index contributed by atoms with van der Waals surface area (Å²) in [7, 11) is 1.81. The fourth-order valence-corrected chi connectivity index (χ4v) is 9.27. The van der Waals surface area contributed by atoms with Crippen LogP contribution in [0.4, 0.5) is 33.7 Å². The zero-order valence-corrected chi connectivity index (χ0v) is 32.8. The Kier molecular flexibility index (Phi) is 9.68. The highest BCUT2D eigenvalue weighted by Crippen LogP contribution is 2.51. The summed E-state index contributed by atoms with van der Waals surface area (Å²) in [6, 6.07) is 3.65. The summed E-state index contributed by atoms with van der Waals surface area (Å²) in [6.45, 7) is 16.1. The Morgan fingerprint density at radius 3 is 2.51 bits per heavy atom. The van der Waals surface area contributed by atoms with Gasteiger partial charge in [-0.2, -0.15) is 9.97 Å². The van der Waals surface area contributed by atoms with Gasteiger partial charge in [0.25, 0.3) is 0 Å². The van der Waals surface area contributed by atoms with Crippen molar-refractivity contribution in [3.05, 3.63) is 42.0 Å². The molecule has 3 saturated heterocycles. The van der Waals surface area contributed by atoms with Crippen LogP contribution in [-0.2, 0) is 4.74 Å². The van der Waals surface area contributed by atoms with Crippen LogP contribution < -0.4 is 15.0 Å². The number of piperazine rings is 1. The Morgan fingerprint density at radius 1 is 1.13 bits per heavy atom. The molecule has 2 unspecified atom stereocenters. The minimum atomic E-state index is -1.00. The van der Waals surface area contributed by atoms with Gasteiger partial charge < -0.3 is 19.5 Å². The molecule has 7 rings (SSSR count). The van der Waals surface area contributed by atoms with Crippen molar-refractivity contribution < 1.29 is 37.3 Å². The van der Waals surface area contributed by atoms with E-state index < -0.39 is 46.5 Å². The maximum absolute atomic E-state index is 17.4. The fraction of sp³-hybridized carbons (Fsp3) is 0.513. The molecule has 12 nitrogen and oxygen atoms in total. The van der Waals surface area contributed by atoms with Gasteiger partial charge >= 0.3 is 18.2 Å². The number of carbonyl (C=O) groups is 2. The van der Waals surface area contributed by atoms with Crippen LogP contribution in [0.15, 0.2) is 24.8 Å². The average molecular weight is 782 g/mol. The molecule has 5 heterocycles. The molecule has 2 bridgehead atoms. The van der Waals surface area contributed by atoms with Gasteiger partial charge in [0.2, 0.25) is 0 Å². The summed E-state index contributed by atoms with van der Waals surface area (Å²) in [6.07, 6.45) is 0.290. The van der Waals surface area contributed by atoms with E-state index in [1.54, 1.807) is 31.7 Å². The van der Waals surface area contributed by atoms with Crippen LogP contribution in [0.5, 0.6) is 6.01 Å². The van der Waals surface area contributed by atoms with E-state index in [1.165, 1.54) is 18.2 Å². The Hall–Kier alpha value is -4.70. The van der Waals surface area contributed by atoms with Crippen molar-refractivity contribution in [3.63, 3.8) is 0 Å². The molecule has 0 spiro atoms. The van der Waals surface area contributed by atoms with Gasteiger partial charge in [0, 0.05) is 42.2 Å². The van der Waals surface area contributed by atoms with Crippen LogP contribution in [0, 0.1) is 17.0 Å². The molecule has 3 aliphatic rings. The molecular formula is C39H46F3N7O5S. The van der Waals surface area contributed by atoms with E-state index in [0.717, 1.165) is 11.3 Å². The van der Waals surface area contributed by atoms with Gasteiger partial charge in [-0.05, 0) is 76.3 Å². The van der Waals surface area contributed by atoms with Gasteiger partial charge in [0.15, 0.2) is 10.9 Å². The fourth-order valence-electron chi connectivity index (χ4n) is 8.39. The third kappa shape index (κ3) is 6.91. The molecule has 3 aliphatic heterocycles. The number of halogens is 3. The first-order valence-corrected chi connectivity index (χ1v) is 19.1. The summed E-state index contributed by atoms with van der Waals surface area (Å²) in [5.74, 6) is -1.00. The van der Waals surface area contributed by atoms with Gasteiger partial charge in [0.05, 0.1) is 21.8 Å². The number of nitrogens with one attached hydrogen (secondary N) is 1. The first-order chi connectivity index (χ1) is 25.8. The SMILES string of the molecule is C=Cc1cc2c(N3CC4CCC(C(C)(C)C)(C3)N4C(=O)O)nc(OC[C@@H]3C[C@@H](F)CN3C)nc2c(F)c1-c1ccc(F)c2sc(NC(=O)OC(C)(C)C)nc12. The van der Waals surface area contributed by atoms with Gasteiger partial charge in [-0.1, -0.05) is 44.8 Å². The number of carboxylic acid groups (broad SMARTS) is 1. The topological polar surface area (TPSA) is 133 Å². The Balaban J connectivity index is 1.38. The molecule has 2 amide bonds. The molecule has 55 heavy (non-hydrogen) atoms. The molecular weight excluding hydrogens is 736 g/mol. The largest absolute Gasteiger partial charge is 0.465 e. The number of benzene rings is 2. The summed E-state index contributed by atoms with van der Waals surface area (Å²) >= 11 is 0.887. The van der Waals surface area contributed by atoms with Crippen molar-refractivity contribution in [2.75, 3.05) is 43.5 Å². The van der Waals surface area contributed by atoms with Crippen LogP contribution in [-0.4, -0.2) is 105 Å². The zero-order chi connectivity index (χ0) is 39.8. The quantitative estimate of drug-likeness (QED) is 0.189. The van der Waals surface area contributed by atoms with Crippen molar-refractivity contribution in [1.29, 1.82) is 0 Å². The number of likely N-dealkylation sites (tertiary alicyclic amines) is 1. The predicted molar refractivity (Wildman–Crippen MR) is 207 cm³/mol. The normalized spacial score (nSPS) is 23.1. The van der Waals surface area contributed by atoms with Crippen LogP contribution in [0.2, 0.25) is 0 Å². The van der Waals surface area contributed by atoms with Crippen molar-refractivity contribution in [3.8, 4) is 17.1 Å². The monoisotopic (exact) mass is 781 g/mol. The first kappa shape index (κ1) is 38.6. The molecule has 0 radical (unpaired) electrons. The summed E-state index contributed by atoms with van der Waals surface area (Å²) < 4.78 is 58.6. The maximum Gasteiger partial charge on any atom is 0.413 e. The lowest BCUT2D eigenvalue weighted by atomic mass is 9.71. The number of aromatic nitrogens is 3. The maximum atomic E-state index is 17.4. The highest BCUT2D eigenvalue weighted by Gasteiger charge is 2.59. The second-order valence-electron chi connectivity index (χ2n) is 16.7. The smallest absolute Gasteiger partial charge is 0.413 e. The average Bonchev–Trinajstić information content (AvgIpc) is 3.73. The van der Waals surface area contributed by atoms with E-state index in [4.69, 9.17) is 14.5 Å². The van der Waals surface area contributed by atoms with Crippen molar-refractivity contribution in [2.45, 2.75) is 90.2 Å². The molecule has 294 valence electrons. The number of likely N-dealkylation sites (N-methyl/N-ethyl adjacent to an activating group) is 1. The standard InChI is InChI=1S/C39H46F3N7O5S/c1-9-20-14-25-29(28(42)27(20)24-10-11-26(41)31-30(24)44-34(55-31)46-35(50)54-38(5,6)7)43-33(53-18-23-15-21(40)16-47(23)8)45-32(25)48-17-22-12-13-39(19-48,37(2,3)4)49(22)36(51)52/h9-11,14,21-23H,1,12-13,15-19H2,2-8H3,(H,51,52)(H,44,46,50)/t21-,22?,23+,39?/m1/s1. The summed E-state index contributed by atoms with van der Waals surface area (Å²) in [4.78, 5) is 44.6. The number of carbonyl (C=O) groups excluding carboxylic acids is 1. The number of nitrogens with zero attached hydrogens (tertiary/aromatic N) is 6. The van der Waals surface area contributed by atoms with Gasteiger partial charge in [-0.15, -0.1) is 0 Å². The van der Waals surface area contributed by atoms with E-state index in [-0.39, 0.29) is 76.2 Å². The van der Waals surface area contributed by atoms with Crippen molar-refractivity contribution >= 4 is 61.7 Å². The molecule has 16 heteroatoms. The number of ether oxygens (including phenoxy) is 2. The molecule has 3 fully saturated rings. The minimum Gasteiger partial charge on any atom is -0.465 e. The third-order valence-corrected chi connectivity index (χ3v) is 12.0. The van der Waals surface area contributed by atoms with Gasteiger partial charge in [-0.25, -0.2) is 27.7 Å². The first-order valence-electron chi connectivity index (χ1n) is 18.3.